The maximum atomic E-state index is 9.51. The minimum atomic E-state index is -0.845. The number of hydrogen-bond donors (Lipinski definition) is 1. The van der Waals surface area contributed by atoms with E-state index in [0.29, 0.717) is 12.5 Å². The van der Waals surface area contributed by atoms with Crippen molar-refractivity contribution in [3.8, 4) is 11.5 Å². The monoisotopic (exact) mass is 202 g/mol. The van der Waals surface area contributed by atoms with Crippen LogP contribution in [-0.2, 0) is 11.3 Å². The van der Waals surface area contributed by atoms with E-state index >= 15 is 0 Å². The Labute approximate surface area is 85.8 Å². The lowest BCUT2D eigenvalue weighted by Gasteiger charge is -1.99. The van der Waals surface area contributed by atoms with E-state index in [4.69, 9.17) is 9.18 Å². The molecule has 3 rings (SSSR count). The van der Waals surface area contributed by atoms with Crippen molar-refractivity contribution >= 4 is 12.6 Å². The second kappa shape index (κ2) is 3.18. The first-order valence-electron chi connectivity index (χ1n) is 4.54. The van der Waals surface area contributed by atoms with Crippen molar-refractivity contribution in [3.05, 3.63) is 30.1 Å². The van der Waals surface area contributed by atoms with E-state index in [0.717, 1.165) is 16.6 Å². The Kier molecular flexibility index (Phi) is 1.83. The van der Waals surface area contributed by atoms with E-state index in [1.54, 1.807) is 6.07 Å². The molecule has 74 valence electrons. The molecule has 5 nitrogen and oxygen atoms in total. The number of aromatic nitrogens is 2. The predicted molar refractivity (Wildman–Crippen MR) is 52.1 cm³/mol. The molecule has 6 heteroatoms. The fourth-order valence-electron chi connectivity index (χ4n) is 1.65. The number of hydrogen-bond acceptors (Lipinski definition) is 5. The summed E-state index contributed by atoms with van der Waals surface area (Å²) in [7, 11) is -0.845. The third-order valence-electron chi connectivity index (χ3n) is 2.42. The summed E-state index contributed by atoms with van der Waals surface area (Å²) in [6.45, 7) is 0.445. The molecule has 0 saturated carbocycles. The maximum Gasteiger partial charge on any atom is 0.491 e. The Balaban J connectivity index is 2.09. The normalized spacial score (nSPS) is 14.3. The molecular weight excluding hydrogens is 195 g/mol. The Morgan fingerprint density at radius 1 is 1.40 bits per heavy atom. The van der Waals surface area contributed by atoms with Gasteiger partial charge in [-0.05, 0) is 23.2 Å². The van der Waals surface area contributed by atoms with Crippen LogP contribution in [0.2, 0.25) is 0 Å². The Bertz CT molecular complexity index is 486. The average Bonchev–Trinajstić information content (AvgIpc) is 2.88. The first-order valence-corrected chi connectivity index (χ1v) is 4.54. The molecule has 0 atom stereocenters. The molecule has 0 aliphatic carbocycles. The van der Waals surface area contributed by atoms with Gasteiger partial charge in [-0.1, -0.05) is 11.2 Å². The summed E-state index contributed by atoms with van der Waals surface area (Å²) in [6, 6.07) is 5.57. The largest absolute Gasteiger partial charge is 0.491 e. The first-order chi connectivity index (χ1) is 7.34. The lowest BCUT2D eigenvalue weighted by molar-refractivity contribution is 0.275. The van der Waals surface area contributed by atoms with E-state index in [-0.39, 0.29) is 0 Å². The smallest absolute Gasteiger partial charge is 0.423 e. The zero-order valence-electron chi connectivity index (χ0n) is 7.75. The van der Waals surface area contributed by atoms with Crippen LogP contribution in [-0.4, -0.2) is 22.3 Å². The molecule has 0 saturated heterocycles. The summed E-state index contributed by atoms with van der Waals surface area (Å²) in [5.41, 5.74) is 2.55. The van der Waals surface area contributed by atoms with Crippen LogP contribution in [0.1, 0.15) is 5.56 Å². The Morgan fingerprint density at radius 3 is 3.13 bits per heavy atom. The van der Waals surface area contributed by atoms with Crippen LogP contribution in [0, 0.1) is 0 Å². The van der Waals surface area contributed by atoms with Gasteiger partial charge in [0, 0.05) is 5.56 Å². The molecular formula is C9H7BN2O3. The number of benzene rings is 1. The zero-order chi connectivity index (χ0) is 10.3. The van der Waals surface area contributed by atoms with Crippen molar-refractivity contribution in [1.29, 1.82) is 0 Å². The van der Waals surface area contributed by atoms with Crippen LogP contribution in [0.3, 0.4) is 0 Å². The Hall–Kier alpha value is -1.66. The van der Waals surface area contributed by atoms with Crippen LogP contribution < -0.4 is 5.46 Å². The van der Waals surface area contributed by atoms with Crippen molar-refractivity contribution in [2.24, 2.45) is 0 Å². The third-order valence-corrected chi connectivity index (χ3v) is 2.42. The average molecular weight is 202 g/mol. The highest BCUT2D eigenvalue weighted by Crippen LogP contribution is 2.18. The van der Waals surface area contributed by atoms with Crippen molar-refractivity contribution in [2.75, 3.05) is 0 Å². The van der Waals surface area contributed by atoms with E-state index in [1.165, 1.54) is 6.33 Å². The van der Waals surface area contributed by atoms with Gasteiger partial charge in [0.05, 0.1) is 6.61 Å². The molecule has 0 spiro atoms. The highest BCUT2D eigenvalue weighted by molar-refractivity contribution is 6.61. The Morgan fingerprint density at radius 2 is 2.33 bits per heavy atom. The summed E-state index contributed by atoms with van der Waals surface area (Å²) >= 11 is 0. The summed E-state index contributed by atoms with van der Waals surface area (Å²) in [5.74, 6) is 0.442. The van der Waals surface area contributed by atoms with E-state index in [9.17, 15) is 5.02 Å². The molecule has 1 aromatic heterocycles. The van der Waals surface area contributed by atoms with Crippen LogP contribution >= 0.6 is 0 Å². The topological polar surface area (TPSA) is 68.4 Å². The van der Waals surface area contributed by atoms with Gasteiger partial charge < -0.3 is 14.2 Å². The molecule has 0 fully saturated rings. The fraction of sp³-hybridized carbons (Fsp3) is 0.111. The van der Waals surface area contributed by atoms with Crippen molar-refractivity contribution < 1.29 is 14.2 Å². The number of nitrogens with zero attached hydrogens (tertiary/aromatic N) is 2. The van der Waals surface area contributed by atoms with Gasteiger partial charge in [0.2, 0.25) is 0 Å². The molecule has 1 aliphatic heterocycles. The minimum Gasteiger partial charge on any atom is -0.423 e. The third kappa shape index (κ3) is 1.34. The molecule has 0 unspecified atom stereocenters. The summed E-state index contributed by atoms with van der Waals surface area (Å²) in [5, 5.41) is 13.0. The first kappa shape index (κ1) is 8.64. The molecule has 1 aliphatic rings. The molecule has 0 amide bonds. The highest BCUT2D eigenvalue weighted by atomic mass is 16.5. The van der Waals surface area contributed by atoms with Gasteiger partial charge in [0.25, 0.3) is 5.89 Å². The van der Waals surface area contributed by atoms with Gasteiger partial charge in [-0.3, -0.25) is 0 Å². The number of fused-ring (bicyclic) bond motifs is 1. The second-order valence-electron chi connectivity index (χ2n) is 3.32. The molecule has 15 heavy (non-hydrogen) atoms. The fourth-order valence-corrected chi connectivity index (χ4v) is 1.65. The SMILES string of the molecule is OB1OCc2ccc(-c3ncno3)cc21. The van der Waals surface area contributed by atoms with Crippen LogP contribution in [0.25, 0.3) is 11.5 Å². The van der Waals surface area contributed by atoms with Gasteiger partial charge >= 0.3 is 7.12 Å². The number of rotatable bonds is 1. The minimum absolute atomic E-state index is 0.442. The molecule has 2 aromatic rings. The van der Waals surface area contributed by atoms with Gasteiger partial charge in [-0.25, -0.2) is 0 Å². The van der Waals surface area contributed by atoms with Gasteiger partial charge in [0.15, 0.2) is 6.33 Å². The summed E-state index contributed by atoms with van der Waals surface area (Å²) < 4.78 is 10.0. The van der Waals surface area contributed by atoms with E-state index < -0.39 is 7.12 Å². The molecule has 2 heterocycles. The zero-order valence-corrected chi connectivity index (χ0v) is 7.75. The van der Waals surface area contributed by atoms with Crippen molar-refractivity contribution in [1.82, 2.24) is 10.1 Å². The van der Waals surface area contributed by atoms with E-state index in [1.807, 2.05) is 12.1 Å². The standard InChI is InChI=1S/C9H7BN2O3/c13-10-8-3-6(9-11-5-12-15-9)1-2-7(8)4-14-10/h1-3,5,13H,4H2. The lowest BCUT2D eigenvalue weighted by atomic mass is 9.79. The summed E-state index contributed by atoms with van der Waals surface area (Å²) in [4.78, 5) is 3.94. The van der Waals surface area contributed by atoms with Crippen LogP contribution in [0.5, 0.6) is 0 Å². The highest BCUT2D eigenvalue weighted by Gasteiger charge is 2.27. The molecule has 1 N–H and O–H groups in total. The molecule has 0 radical (unpaired) electrons. The van der Waals surface area contributed by atoms with Crippen LogP contribution in [0.15, 0.2) is 29.0 Å². The maximum absolute atomic E-state index is 9.51. The van der Waals surface area contributed by atoms with Gasteiger partial charge in [-0.2, -0.15) is 4.98 Å². The van der Waals surface area contributed by atoms with Crippen molar-refractivity contribution in [3.63, 3.8) is 0 Å². The predicted octanol–water partition coefficient (Wildman–Crippen LogP) is -0.0457. The summed E-state index contributed by atoms with van der Waals surface area (Å²) in [6.07, 6.45) is 1.34. The second-order valence-corrected chi connectivity index (χ2v) is 3.32. The van der Waals surface area contributed by atoms with E-state index in [2.05, 4.69) is 10.1 Å². The molecule has 0 bridgehead atoms. The quantitative estimate of drug-likeness (QED) is 0.656. The van der Waals surface area contributed by atoms with Gasteiger partial charge in [-0.15, -0.1) is 0 Å². The van der Waals surface area contributed by atoms with Crippen molar-refractivity contribution in [2.45, 2.75) is 6.61 Å². The lowest BCUT2D eigenvalue weighted by Crippen LogP contribution is -2.27. The molecule has 1 aromatic carbocycles. The van der Waals surface area contributed by atoms with Crippen LogP contribution in [0.4, 0.5) is 0 Å². The van der Waals surface area contributed by atoms with Gasteiger partial charge in [0.1, 0.15) is 0 Å².